The molecule has 0 radical (unpaired) electrons. The maximum absolute atomic E-state index is 15.1. The van der Waals surface area contributed by atoms with E-state index in [4.69, 9.17) is 21.1 Å². The fourth-order valence-corrected chi connectivity index (χ4v) is 5.71. The normalized spacial score (nSPS) is 24.9. The van der Waals surface area contributed by atoms with Crippen LogP contribution >= 0.6 is 11.6 Å². The van der Waals surface area contributed by atoms with Gasteiger partial charge < -0.3 is 30.1 Å². The molecule has 10 heteroatoms. The predicted molar refractivity (Wildman–Crippen MR) is 140 cm³/mol. The highest BCUT2D eigenvalue weighted by molar-refractivity contribution is 6.30. The summed E-state index contributed by atoms with van der Waals surface area (Å²) < 4.78 is 39.7. The van der Waals surface area contributed by atoms with Crippen molar-refractivity contribution in [1.82, 2.24) is 15.5 Å². The van der Waals surface area contributed by atoms with Crippen LogP contribution in [0.15, 0.2) is 18.2 Å². The molecule has 1 saturated carbocycles. The van der Waals surface area contributed by atoms with Crippen LogP contribution in [0.3, 0.4) is 0 Å². The summed E-state index contributed by atoms with van der Waals surface area (Å²) in [6.45, 7) is 1.81. The Morgan fingerprint density at radius 1 is 1.32 bits per heavy atom. The third kappa shape index (κ3) is 8.23. The molecule has 2 amide bonds. The van der Waals surface area contributed by atoms with Crippen LogP contribution < -0.4 is 10.6 Å². The maximum Gasteiger partial charge on any atom is 0.317 e. The van der Waals surface area contributed by atoms with Crippen molar-refractivity contribution in [1.29, 1.82) is 0 Å². The average molecular weight is 546 g/mol. The first-order chi connectivity index (χ1) is 17.8. The number of nitrogens with zero attached hydrogens (tertiary/aromatic N) is 1. The smallest absolute Gasteiger partial charge is 0.317 e. The van der Waals surface area contributed by atoms with Crippen molar-refractivity contribution >= 4 is 17.6 Å². The molecule has 0 unspecified atom stereocenters. The van der Waals surface area contributed by atoms with E-state index >= 15 is 4.39 Å². The lowest BCUT2D eigenvalue weighted by Gasteiger charge is -2.43. The molecule has 3 N–H and O–H groups in total. The second-order valence-corrected chi connectivity index (χ2v) is 10.7. The Morgan fingerprint density at radius 2 is 2.08 bits per heavy atom. The van der Waals surface area contributed by atoms with E-state index in [0.29, 0.717) is 51.3 Å². The molecule has 210 valence electrons. The number of hydrogen-bond donors (Lipinski definition) is 3. The van der Waals surface area contributed by atoms with Gasteiger partial charge in [0.25, 0.3) is 0 Å². The van der Waals surface area contributed by atoms with Crippen molar-refractivity contribution in [3.8, 4) is 0 Å². The molecular weight excluding hydrogens is 504 g/mol. The van der Waals surface area contributed by atoms with Gasteiger partial charge in [-0.2, -0.15) is 0 Å². The van der Waals surface area contributed by atoms with Crippen molar-refractivity contribution < 1.29 is 28.2 Å². The molecule has 1 aliphatic carbocycles. The summed E-state index contributed by atoms with van der Waals surface area (Å²) in [6.07, 6.45) is 3.56. The van der Waals surface area contributed by atoms with Crippen LogP contribution in [-0.2, 0) is 15.1 Å². The zero-order valence-electron chi connectivity index (χ0n) is 22.0. The van der Waals surface area contributed by atoms with Crippen molar-refractivity contribution in [2.45, 2.75) is 75.3 Å². The van der Waals surface area contributed by atoms with Crippen LogP contribution in [0.1, 0.15) is 56.9 Å². The Hall–Kier alpha value is -1.52. The molecule has 2 aliphatic rings. The monoisotopic (exact) mass is 545 g/mol. The molecule has 7 nitrogen and oxygen atoms in total. The number of aliphatic hydroxyl groups is 1. The molecule has 1 saturated heterocycles. The molecule has 1 aliphatic heterocycles. The zero-order valence-corrected chi connectivity index (χ0v) is 22.7. The number of nitrogens with one attached hydrogen (secondary N) is 2. The van der Waals surface area contributed by atoms with Gasteiger partial charge in [-0.15, -0.1) is 0 Å². The molecule has 37 heavy (non-hydrogen) atoms. The van der Waals surface area contributed by atoms with E-state index in [2.05, 4.69) is 10.6 Å². The van der Waals surface area contributed by atoms with Crippen molar-refractivity contribution in [2.75, 3.05) is 47.0 Å². The minimum atomic E-state index is -1.67. The number of hydrogen-bond acceptors (Lipinski definition) is 5. The highest BCUT2D eigenvalue weighted by atomic mass is 35.5. The molecular formula is C27H42ClF2N3O4. The van der Waals surface area contributed by atoms with Gasteiger partial charge >= 0.3 is 6.03 Å². The second kappa shape index (κ2) is 14.6. The topological polar surface area (TPSA) is 83.1 Å². The van der Waals surface area contributed by atoms with E-state index in [-0.39, 0.29) is 42.2 Å². The molecule has 1 aromatic rings. The number of carbonyl (C=O) groups excluding carboxylic acids is 1. The largest absolute Gasteiger partial charge is 0.385 e. The van der Waals surface area contributed by atoms with E-state index in [1.807, 2.05) is 7.05 Å². The van der Waals surface area contributed by atoms with Gasteiger partial charge in [-0.1, -0.05) is 23.7 Å². The van der Waals surface area contributed by atoms with Crippen LogP contribution in [0.4, 0.5) is 13.6 Å². The van der Waals surface area contributed by atoms with E-state index in [9.17, 15) is 14.3 Å². The average Bonchev–Trinajstić information content (AvgIpc) is 2.89. The first-order valence-corrected chi connectivity index (χ1v) is 13.8. The van der Waals surface area contributed by atoms with Crippen LogP contribution in [0, 0.1) is 11.7 Å². The van der Waals surface area contributed by atoms with Gasteiger partial charge in [0.2, 0.25) is 0 Å². The lowest BCUT2D eigenvalue weighted by molar-refractivity contribution is -0.147. The maximum atomic E-state index is 15.1. The van der Waals surface area contributed by atoms with Crippen LogP contribution in [0.5, 0.6) is 0 Å². The van der Waals surface area contributed by atoms with E-state index in [0.717, 1.165) is 19.3 Å². The molecule has 3 atom stereocenters. The summed E-state index contributed by atoms with van der Waals surface area (Å²) in [5, 5.41) is 18.0. The number of ether oxygens (including phenoxy) is 2. The number of likely N-dealkylation sites (N-methyl/N-ethyl adjacent to an activating group) is 1. The lowest BCUT2D eigenvalue weighted by atomic mass is 9.82. The summed E-state index contributed by atoms with van der Waals surface area (Å²) in [5.74, 6) is -0.299. The van der Waals surface area contributed by atoms with Gasteiger partial charge in [-0.25, -0.2) is 13.6 Å². The zero-order chi connectivity index (χ0) is 26.8. The van der Waals surface area contributed by atoms with Crippen LogP contribution in [0.25, 0.3) is 0 Å². The molecule has 1 heterocycles. The molecule has 3 rings (SSSR count). The quantitative estimate of drug-likeness (QED) is 0.339. The summed E-state index contributed by atoms with van der Waals surface area (Å²) in [6, 6.07) is 4.22. The standard InChI is InChI=1S/C27H42ClF2N3O4/c1-31-17-21(16-19-8-10-20(29)11-9-19)32-26(34)33-13-15-37-24(18-33)27(35,12-3-4-14-36-2)22-6-5-7-23(28)25(22)30/h5-7,19-21,24,31,35H,3-4,8-18H2,1-2H3,(H,32,34)/t19?,20?,21-,24+,27-/m0/s1. The highest BCUT2D eigenvalue weighted by Gasteiger charge is 2.44. The second-order valence-electron chi connectivity index (χ2n) is 10.3. The number of morpholine rings is 1. The molecule has 2 fully saturated rings. The number of methoxy groups -OCH3 is 1. The van der Waals surface area contributed by atoms with Gasteiger partial charge in [0, 0.05) is 38.4 Å². The van der Waals surface area contributed by atoms with Gasteiger partial charge in [-0.05, 0) is 70.4 Å². The number of unbranched alkanes of at least 4 members (excludes halogenated alkanes) is 1. The number of urea groups is 1. The Bertz CT molecular complexity index is 859. The summed E-state index contributed by atoms with van der Waals surface area (Å²) >= 11 is 6.05. The number of halogens is 3. The number of amides is 2. The Kier molecular flexibility index (Phi) is 11.8. The predicted octanol–water partition coefficient (Wildman–Crippen LogP) is 4.40. The first-order valence-electron chi connectivity index (χ1n) is 13.4. The summed E-state index contributed by atoms with van der Waals surface area (Å²) in [5.41, 5.74) is -1.60. The van der Waals surface area contributed by atoms with Crippen molar-refractivity contribution in [3.63, 3.8) is 0 Å². The van der Waals surface area contributed by atoms with E-state index < -0.39 is 23.7 Å². The number of benzene rings is 1. The van der Waals surface area contributed by atoms with Crippen molar-refractivity contribution in [2.24, 2.45) is 5.92 Å². The number of rotatable bonds is 12. The fourth-order valence-electron chi connectivity index (χ4n) is 5.54. The van der Waals surface area contributed by atoms with Gasteiger partial charge in [0.15, 0.2) is 0 Å². The summed E-state index contributed by atoms with van der Waals surface area (Å²) in [7, 11) is 3.45. The minimum absolute atomic E-state index is 0.0706. The minimum Gasteiger partial charge on any atom is -0.385 e. The Labute approximate surface area is 224 Å². The molecule has 0 aromatic heterocycles. The van der Waals surface area contributed by atoms with Crippen LogP contribution in [0.2, 0.25) is 5.02 Å². The SMILES string of the molecule is CNC[C@H](CC1CCC(F)CC1)NC(=O)N1CCO[C@@H]([C@](O)(CCCCOC)c2cccc(Cl)c2F)C1. The number of carbonyl (C=O) groups is 1. The lowest BCUT2D eigenvalue weighted by Crippen LogP contribution is -2.58. The first kappa shape index (κ1) is 30.0. The third-order valence-corrected chi connectivity index (χ3v) is 7.92. The van der Waals surface area contributed by atoms with Gasteiger partial charge in [-0.3, -0.25) is 0 Å². The Morgan fingerprint density at radius 3 is 2.78 bits per heavy atom. The van der Waals surface area contributed by atoms with Gasteiger partial charge in [0.05, 0.1) is 18.2 Å². The Balaban J connectivity index is 1.70. The summed E-state index contributed by atoms with van der Waals surface area (Å²) in [4.78, 5) is 14.9. The fraction of sp³-hybridized carbons (Fsp3) is 0.741. The molecule has 1 aromatic carbocycles. The molecule has 0 spiro atoms. The van der Waals surface area contributed by atoms with E-state index in [1.165, 1.54) is 12.1 Å². The third-order valence-electron chi connectivity index (χ3n) is 7.63. The van der Waals surface area contributed by atoms with Crippen molar-refractivity contribution in [3.05, 3.63) is 34.6 Å². The highest BCUT2D eigenvalue weighted by Crippen LogP contribution is 2.38. The molecule has 0 bridgehead atoms. The van der Waals surface area contributed by atoms with Crippen LogP contribution in [-0.4, -0.2) is 81.4 Å². The van der Waals surface area contributed by atoms with E-state index in [1.54, 1.807) is 18.1 Å². The van der Waals surface area contributed by atoms with Gasteiger partial charge in [0.1, 0.15) is 23.7 Å². The number of alkyl halides is 1.